The third kappa shape index (κ3) is 2.98. The maximum absolute atomic E-state index is 11.2. The lowest BCUT2D eigenvalue weighted by atomic mass is 9.92. The molecule has 0 bridgehead atoms. The van der Waals surface area contributed by atoms with Crippen molar-refractivity contribution in [3.8, 4) is 0 Å². The summed E-state index contributed by atoms with van der Waals surface area (Å²) >= 11 is 5.85. The highest BCUT2D eigenvalue weighted by Gasteiger charge is 2.29. The van der Waals surface area contributed by atoms with Gasteiger partial charge in [0.15, 0.2) is 0 Å². The van der Waals surface area contributed by atoms with E-state index in [0.717, 1.165) is 19.4 Å². The minimum atomic E-state index is -0.382. The average molecular weight is 284 g/mol. The number of hydrogen-bond donors (Lipinski definition) is 1. The predicted octanol–water partition coefficient (Wildman–Crippen LogP) is 2.81. The molecular formula is C13H18ClN3O2. The molecule has 5 nitrogen and oxygen atoms in total. The zero-order valence-corrected chi connectivity index (χ0v) is 11.6. The van der Waals surface area contributed by atoms with Crippen molar-refractivity contribution in [3.63, 3.8) is 0 Å². The highest BCUT2D eigenvalue weighted by molar-refractivity contribution is 6.30. The van der Waals surface area contributed by atoms with E-state index in [4.69, 9.17) is 17.3 Å². The first-order valence-corrected chi connectivity index (χ1v) is 6.81. The maximum Gasteiger partial charge on any atom is 0.294 e. The maximum atomic E-state index is 11.2. The number of nitro benzene ring substituents is 1. The molecule has 1 fully saturated rings. The smallest absolute Gasteiger partial charge is 0.294 e. The topological polar surface area (TPSA) is 72.4 Å². The average Bonchev–Trinajstić information content (AvgIpc) is 2.38. The molecule has 0 aliphatic carbocycles. The van der Waals surface area contributed by atoms with Gasteiger partial charge in [0.2, 0.25) is 0 Å². The number of hydrogen-bond acceptors (Lipinski definition) is 4. The normalized spacial score (nSPS) is 23.4. The van der Waals surface area contributed by atoms with Crippen molar-refractivity contribution < 1.29 is 4.92 Å². The molecule has 1 heterocycles. The van der Waals surface area contributed by atoms with E-state index in [1.165, 1.54) is 6.07 Å². The van der Waals surface area contributed by atoms with E-state index in [1.54, 1.807) is 12.1 Å². The standard InChI is InChI=1S/C13H18ClN3O2/c1-9-4-5-16(11(6-9)8-15)12-3-2-10(14)7-13(12)17(18)19/h2-3,7,9,11H,4-6,8,15H2,1H3. The lowest BCUT2D eigenvalue weighted by Crippen LogP contribution is -2.46. The molecule has 1 aromatic rings. The summed E-state index contributed by atoms with van der Waals surface area (Å²) in [4.78, 5) is 12.8. The first-order valence-electron chi connectivity index (χ1n) is 6.43. The van der Waals surface area contributed by atoms with Crippen LogP contribution in [-0.2, 0) is 0 Å². The van der Waals surface area contributed by atoms with E-state index in [9.17, 15) is 10.1 Å². The van der Waals surface area contributed by atoms with Gasteiger partial charge in [-0.2, -0.15) is 0 Å². The molecule has 0 saturated carbocycles. The molecule has 1 aliphatic heterocycles. The van der Waals surface area contributed by atoms with Gasteiger partial charge >= 0.3 is 0 Å². The molecule has 2 rings (SSSR count). The second-order valence-electron chi connectivity index (χ2n) is 5.10. The molecule has 19 heavy (non-hydrogen) atoms. The molecular weight excluding hydrogens is 266 g/mol. The van der Waals surface area contributed by atoms with Crippen LogP contribution in [0.15, 0.2) is 18.2 Å². The summed E-state index contributed by atoms with van der Waals surface area (Å²) in [6.45, 7) is 3.49. The third-order valence-corrected chi connectivity index (χ3v) is 3.93. The van der Waals surface area contributed by atoms with Crippen molar-refractivity contribution >= 4 is 23.0 Å². The van der Waals surface area contributed by atoms with Gasteiger partial charge in [-0.15, -0.1) is 0 Å². The van der Waals surface area contributed by atoms with Crippen LogP contribution >= 0.6 is 11.6 Å². The number of nitrogens with two attached hydrogens (primary N) is 1. The highest BCUT2D eigenvalue weighted by Crippen LogP contribution is 2.35. The molecule has 1 aromatic carbocycles. The summed E-state index contributed by atoms with van der Waals surface area (Å²) in [5.41, 5.74) is 6.49. The molecule has 1 aliphatic rings. The van der Waals surface area contributed by atoms with Crippen LogP contribution in [0.3, 0.4) is 0 Å². The van der Waals surface area contributed by atoms with Crippen molar-refractivity contribution in [2.75, 3.05) is 18.0 Å². The van der Waals surface area contributed by atoms with Crippen LogP contribution in [0.5, 0.6) is 0 Å². The Morgan fingerprint density at radius 2 is 2.32 bits per heavy atom. The van der Waals surface area contributed by atoms with E-state index < -0.39 is 0 Å². The molecule has 0 amide bonds. The van der Waals surface area contributed by atoms with Gasteiger partial charge in [-0.1, -0.05) is 18.5 Å². The summed E-state index contributed by atoms with van der Waals surface area (Å²) < 4.78 is 0. The van der Waals surface area contributed by atoms with Crippen LogP contribution in [0.2, 0.25) is 5.02 Å². The molecule has 2 N–H and O–H groups in total. The van der Waals surface area contributed by atoms with Gasteiger partial charge in [-0.05, 0) is 30.9 Å². The zero-order chi connectivity index (χ0) is 14.0. The molecule has 0 radical (unpaired) electrons. The van der Waals surface area contributed by atoms with E-state index in [-0.39, 0.29) is 16.7 Å². The number of nitro groups is 1. The first-order chi connectivity index (χ1) is 9.02. The van der Waals surface area contributed by atoms with Gasteiger partial charge in [0.25, 0.3) is 5.69 Å². The van der Waals surface area contributed by atoms with Crippen molar-refractivity contribution in [2.45, 2.75) is 25.8 Å². The fourth-order valence-electron chi connectivity index (χ4n) is 2.68. The Kier molecular flexibility index (Phi) is 4.27. The molecule has 2 atom stereocenters. The summed E-state index contributed by atoms with van der Waals surface area (Å²) in [7, 11) is 0. The molecule has 6 heteroatoms. The van der Waals surface area contributed by atoms with Gasteiger partial charge in [-0.3, -0.25) is 10.1 Å². The number of piperidine rings is 1. The molecule has 0 spiro atoms. The fraction of sp³-hybridized carbons (Fsp3) is 0.538. The monoisotopic (exact) mass is 283 g/mol. The van der Waals surface area contributed by atoms with Crippen LogP contribution in [-0.4, -0.2) is 24.1 Å². The van der Waals surface area contributed by atoms with E-state index in [1.807, 2.05) is 0 Å². The summed E-state index contributed by atoms with van der Waals surface area (Å²) in [6.07, 6.45) is 1.99. The SMILES string of the molecule is CC1CCN(c2ccc(Cl)cc2[N+](=O)[O-])C(CN)C1. The van der Waals surface area contributed by atoms with E-state index >= 15 is 0 Å². The molecule has 104 valence electrons. The largest absolute Gasteiger partial charge is 0.362 e. The third-order valence-electron chi connectivity index (χ3n) is 3.69. The number of halogens is 1. The lowest BCUT2D eigenvalue weighted by Gasteiger charge is -2.39. The number of anilines is 1. The Labute approximate surface area is 117 Å². The van der Waals surface area contributed by atoms with E-state index in [0.29, 0.717) is 23.2 Å². The van der Waals surface area contributed by atoms with Crippen LogP contribution in [0.1, 0.15) is 19.8 Å². The second kappa shape index (κ2) is 5.75. The Hall–Kier alpha value is -1.33. The lowest BCUT2D eigenvalue weighted by molar-refractivity contribution is -0.384. The first kappa shape index (κ1) is 14.1. The summed E-state index contributed by atoms with van der Waals surface area (Å²) in [5.74, 6) is 0.608. The highest BCUT2D eigenvalue weighted by atomic mass is 35.5. The number of nitrogens with zero attached hydrogens (tertiary/aromatic N) is 2. The van der Waals surface area contributed by atoms with Crippen molar-refractivity contribution in [2.24, 2.45) is 11.7 Å². The Bertz CT molecular complexity index is 481. The van der Waals surface area contributed by atoms with Gasteiger partial charge < -0.3 is 10.6 Å². The number of benzene rings is 1. The second-order valence-corrected chi connectivity index (χ2v) is 5.54. The van der Waals surface area contributed by atoms with Crippen LogP contribution < -0.4 is 10.6 Å². The Morgan fingerprint density at radius 1 is 1.58 bits per heavy atom. The fourth-order valence-corrected chi connectivity index (χ4v) is 2.84. The summed E-state index contributed by atoms with van der Waals surface area (Å²) in [6, 6.07) is 4.97. The predicted molar refractivity (Wildman–Crippen MR) is 76.7 cm³/mol. The van der Waals surface area contributed by atoms with Gasteiger partial charge in [-0.25, -0.2) is 0 Å². The minimum absolute atomic E-state index is 0.0560. The van der Waals surface area contributed by atoms with Crippen molar-refractivity contribution in [1.29, 1.82) is 0 Å². The summed E-state index contributed by atoms with van der Waals surface area (Å²) in [5, 5.41) is 11.5. The van der Waals surface area contributed by atoms with Crippen LogP contribution in [0.4, 0.5) is 11.4 Å². The molecule has 0 aromatic heterocycles. The van der Waals surface area contributed by atoms with Crippen LogP contribution in [0, 0.1) is 16.0 Å². The molecule has 2 unspecified atom stereocenters. The van der Waals surface area contributed by atoms with Gasteiger partial charge in [0.05, 0.1) is 4.92 Å². The van der Waals surface area contributed by atoms with Crippen molar-refractivity contribution in [1.82, 2.24) is 0 Å². The Morgan fingerprint density at radius 3 is 2.95 bits per heavy atom. The Balaban J connectivity index is 2.37. The van der Waals surface area contributed by atoms with Crippen molar-refractivity contribution in [3.05, 3.63) is 33.3 Å². The minimum Gasteiger partial charge on any atom is -0.362 e. The quantitative estimate of drug-likeness (QED) is 0.684. The zero-order valence-electron chi connectivity index (χ0n) is 10.9. The van der Waals surface area contributed by atoms with Gasteiger partial charge in [0.1, 0.15) is 5.69 Å². The van der Waals surface area contributed by atoms with Gasteiger partial charge in [0, 0.05) is 30.2 Å². The number of rotatable bonds is 3. The van der Waals surface area contributed by atoms with Crippen LogP contribution in [0.25, 0.3) is 0 Å². The van der Waals surface area contributed by atoms with E-state index in [2.05, 4.69) is 11.8 Å². The molecule has 1 saturated heterocycles.